The minimum absolute atomic E-state index is 0.298. The Morgan fingerprint density at radius 3 is 2.71 bits per heavy atom. The lowest BCUT2D eigenvalue weighted by Gasteiger charge is -2.20. The maximum absolute atomic E-state index is 12.5. The van der Waals surface area contributed by atoms with Crippen molar-refractivity contribution in [1.82, 2.24) is 10.2 Å². The van der Waals surface area contributed by atoms with E-state index in [0.29, 0.717) is 35.4 Å². The number of carbonyl (C=O) groups excluding carboxylic acids is 1. The van der Waals surface area contributed by atoms with Gasteiger partial charge in [-0.1, -0.05) is 47.7 Å². The van der Waals surface area contributed by atoms with Crippen molar-refractivity contribution in [3.8, 4) is 22.1 Å². The van der Waals surface area contributed by atoms with Crippen LogP contribution in [-0.4, -0.2) is 29.3 Å². The van der Waals surface area contributed by atoms with E-state index in [4.69, 9.17) is 9.47 Å². The summed E-state index contributed by atoms with van der Waals surface area (Å²) in [6.07, 6.45) is 0. The molecule has 0 radical (unpaired) electrons. The van der Waals surface area contributed by atoms with Gasteiger partial charge in [0.05, 0.1) is 5.56 Å². The van der Waals surface area contributed by atoms with Crippen molar-refractivity contribution in [2.24, 2.45) is 0 Å². The van der Waals surface area contributed by atoms with Crippen molar-refractivity contribution >= 4 is 22.4 Å². The van der Waals surface area contributed by atoms with Crippen molar-refractivity contribution in [3.63, 3.8) is 0 Å². The molecule has 1 aliphatic heterocycles. The van der Waals surface area contributed by atoms with Gasteiger partial charge in [0.25, 0.3) is 5.91 Å². The van der Waals surface area contributed by atoms with Crippen LogP contribution >= 0.6 is 11.3 Å². The normalized spacial score (nSPS) is 12.7. The van der Waals surface area contributed by atoms with Crippen LogP contribution < -0.4 is 14.8 Å². The Morgan fingerprint density at radius 1 is 1.00 bits per heavy atom. The van der Waals surface area contributed by atoms with Crippen molar-refractivity contribution in [2.45, 2.75) is 0 Å². The lowest BCUT2D eigenvalue weighted by molar-refractivity contribution is 0.101. The zero-order valence-corrected chi connectivity index (χ0v) is 13.4. The van der Waals surface area contributed by atoms with E-state index < -0.39 is 0 Å². The Bertz CT molecular complexity index is 880. The second-order valence-corrected chi connectivity index (χ2v) is 6.04. The molecule has 1 amide bonds. The molecule has 0 saturated carbocycles. The zero-order valence-electron chi connectivity index (χ0n) is 12.6. The first-order valence-corrected chi connectivity index (χ1v) is 8.22. The molecule has 0 aliphatic carbocycles. The minimum Gasteiger partial charge on any atom is -0.486 e. The molecule has 1 aliphatic rings. The van der Waals surface area contributed by atoms with Gasteiger partial charge in [0.2, 0.25) is 5.13 Å². The van der Waals surface area contributed by atoms with Crippen LogP contribution in [0.25, 0.3) is 10.6 Å². The summed E-state index contributed by atoms with van der Waals surface area (Å²) in [4.78, 5) is 12.5. The minimum atomic E-state index is -0.298. The summed E-state index contributed by atoms with van der Waals surface area (Å²) in [7, 11) is 0. The number of para-hydroxylation sites is 1. The van der Waals surface area contributed by atoms with Crippen LogP contribution in [0.4, 0.5) is 5.13 Å². The standard InChI is InChI=1S/C17H13N3O3S/c21-15(12-7-4-8-13-14(12)23-10-9-22-13)18-17-20-19-16(24-17)11-5-2-1-3-6-11/h1-8H,9-10H2,(H,18,20,21). The van der Waals surface area contributed by atoms with Gasteiger partial charge in [0, 0.05) is 5.56 Å². The van der Waals surface area contributed by atoms with Gasteiger partial charge in [0.15, 0.2) is 11.5 Å². The Kier molecular flexibility index (Phi) is 3.84. The summed E-state index contributed by atoms with van der Waals surface area (Å²) in [5.74, 6) is 0.748. The molecular weight excluding hydrogens is 326 g/mol. The number of rotatable bonds is 3. The smallest absolute Gasteiger partial charge is 0.261 e. The monoisotopic (exact) mass is 339 g/mol. The summed E-state index contributed by atoms with van der Waals surface area (Å²) < 4.78 is 11.1. The lowest BCUT2D eigenvalue weighted by atomic mass is 10.1. The van der Waals surface area contributed by atoms with E-state index in [1.807, 2.05) is 30.3 Å². The Balaban J connectivity index is 1.56. The van der Waals surface area contributed by atoms with Crippen molar-refractivity contribution in [3.05, 3.63) is 54.1 Å². The number of hydrogen-bond donors (Lipinski definition) is 1. The van der Waals surface area contributed by atoms with Gasteiger partial charge < -0.3 is 9.47 Å². The van der Waals surface area contributed by atoms with Crippen molar-refractivity contribution in [2.75, 3.05) is 18.5 Å². The van der Waals surface area contributed by atoms with Crippen LogP contribution in [0, 0.1) is 0 Å². The average molecular weight is 339 g/mol. The maximum atomic E-state index is 12.5. The number of carbonyl (C=O) groups is 1. The molecule has 120 valence electrons. The Hall–Kier alpha value is -2.93. The van der Waals surface area contributed by atoms with Crippen molar-refractivity contribution < 1.29 is 14.3 Å². The topological polar surface area (TPSA) is 73.3 Å². The largest absolute Gasteiger partial charge is 0.486 e. The highest BCUT2D eigenvalue weighted by molar-refractivity contribution is 7.18. The van der Waals surface area contributed by atoms with Gasteiger partial charge >= 0.3 is 0 Å². The molecule has 3 aromatic rings. The molecule has 24 heavy (non-hydrogen) atoms. The number of nitrogens with one attached hydrogen (secondary N) is 1. The average Bonchev–Trinajstić information content (AvgIpc) is 3.10. The molecule has 2 aromatic carbocycles. The fourth-order valence-corrected chi connectivity index (χ4v) is 3.13. The first kappa shape index (κ1) is 14.6. The van der Waals surface area contributed by atoms with Gasteiger partial charge in [-0.25, -0.2) is 0 Å². The first-order chi connectivity index (χ1) is 11.8. The van der Waals surface area contributed by atoms with Gasteiger partial charge in [-0.05, 0) is 12.1 Å². The van der Waals surface area contributed by atoms with Gasteiger partial charge in [-0.15, -0.1) is 10.2 Å². The number of hydrogen-bond acceptors (Lipinski definition) is 6. The number of ether oxygens (including phenoxy) is 2. The van der Waals surface area contributed by atoms with E-state index in [9.17, 15) is 4.79 Å². The van der Waals surface area contributed by atoms with Gasteiger partial charge in [-0.3, -0.25) is 10.1 Å². The number of fused-ring (bicyclic) bond motifs is 1. The van der Waals surface area contributed by atoms with Gasteiger partial charge in [-0.2, -0.15) is 0 Å². The highest BCUT2D eigenvalue weighted by atomic mass is 32.1. The third-order valence-electron chi connectivity index (χ3n) is 3.48. The third-order valence-corrected chi connectivity index (χ3v) is 4.36. The molecule has 1 aromatic heterocycles. The lowest BCUT2D eigenvalue weighted by Crippen LogP contribution is -2.20. The SMILES string of the molecule is O=C(Nc1nnc(-c2ccccc2)s1)c1cccc2c1OCCO2. The van der Waals surface area contributed by atoms with Crippen LogP contribution in [-0.2, 0) is 0 Å². The summed E-state index contributed by atoms with van der Waals surface area (Å²) in [5, 5.41) is 12.1. The van der Waals surface area contributed by atoms with Gasteiger partial charge in [0.1, 0.15) is 18.2 Å². The summed E-state index contributed by atoms with van der Waals surface area (Å²) in [6.45, 7) is 0.906. The number of amides is 1. The molecule has 0 saturated heterocycles. The number of benzene rings is 2. The van der Waals surface area contributed by atoms with E-state index in [0.717, 1.165) is 10.6 Å². The maximum Gasteiger partial charge on any atom is 0.261 e. The zero-order chi connectivity index (χ0) is 16.4. The van der Waals surface area contributed by atoms with Crippen LogP contribution in [0.15, 0.2) is 48.5 Å². The summed E-state index contributed by atoms with van der Waals surface area (Å²) >= 11 is 1.32. The highest BCUT2D eigenvalue weighted by Crippen LogP contribution is 2.34. The molecule has 1 N–H and O–H groups in total. The fourth-order valence-electron chi connectivity index (χ4n) is 2.39. The van der Waals surface area contributed by atoms with Crippen LogP contribution in [0.2, 0.25) is 0 Å². The molecule has 2 heterocycles. The molecule has 0 fully saturated rings. The van der Waals surface area contributed by atoms with Crippen LogP contribution in [0.1, 0.15) is 10.4 Å². The second-order valence-electron chi connectivity index (χ2n) is 5.06. The molecular formula is C17H13N3O3S. The molecule has 6 nitrogen and oxygen atoms in total. The second kappa shape index (κ2) is 6.29. The number of anilines is 1. The molecule has 0 unspecified atom stereocenters. The molecule has 0 spiro atoms. The third kappa shape index (κ3) is 2.81. The van der Waals surface area contributed by atoms with Crippen molar-refractivity contribution in [1.29, 1.82) is 0 Å². The van der Waals surface area contributed by atoms with E-state index in [2.05, 4.69) is 15.5 Å². The number of nitrogens with zero attached hydrogens (tertiary/aromatic N) is 2. The summed E-state index contributed by atoms with van der Waals surface area (Å²) in [6, 6.07) is 14.9. The predicted molar refractivity (Wildman–Crippen MR) is 90.7 cm³/mol. The molecule has 4 rings (SSSR count). The van der Waals surface area contributed by atoms with E-state index >= 15 is 0 Å². The van der Waals surface area contributed by atoms with E-state index in [1.165, 1.54) is 11.3 Å². The fraction of sp³-hybridized carbons (Fsp3) is 0.118. The van der Waals surface area contributed by atoms with E-state index in [-0.39, 0.29) is 5.91 Å². The van der Waals surface area contributed by atoms with Crippen LogP contribution in [0.3, 0.4) is 0 Å². The molecule has 0 atom stereocenters. The predicted octanol–water partition coefficient (Wildman–Crippen LogP) is 3.23. The Labute approximate surface area is 142 Å². The highest BCUT2D eigenvalue weighted by Gasteiger charge is 2.21. The molecule has 0 bridgehead atoms. The Morgan fingerprint density at radius 2 is 1.83 bits per heavy atom. The van der Waals surface area contributed by atoms with Crippen LogP contribution in [0.5, 0.6) is 11.5 Å². The summed E-state index contributed by atoms with van der Waals surface area (Å²) in [5.41, 5.74) is 1.38. The number of aromatic nitrogens is 2. The molecule has 7 heteroatoms. The quantitative estimate of drug-likeness (QED) is 0.793. The van der Waals surface area contributed by atoms with E-state index in [1.54, 1.807) is 18.2 Å². The first-order valence-electron chi connectivity index (χ1n) is 7.40.